The maximum absolute atomic E-state index is 11.0. The highest BCUT2D eigenvalue weighted by atomic mass is 32.1. The normalized spacial score (nSPS) is 12.0. The van der Waals surface area contributed by atoms with Crippen LogP contribution in [0, 0.1) is 6.92 Å². The van der Waals surface area contributed by atoms with Crippen LogP contribution in [0.4, 0.5) is 0 Å². The highest BCUT2D eigenvalue weighted by Gasteiger charge is 2.10. The van der Waals surface area contributed by atoms with Crippen LogP contribution in [0.5, 0.6) is 0 Å². The van der Waals surface area contributed by atoms with Crippen molar-refractivity contribution >= 4 is 11.3 Å². The van der Waals surface area contributed by atoms with Crippen molar-refractivity contribution in [3.8, 4) is 0 Å². The van der Waals surface area contributed by atoms with Crippen molar-refractivity contribution in [2.45, 2.75) is 39.8 Å². The van der Waals surface area contributed by atoms with Gasteiger partial charge in [-0.05, 0) is 27.7 Å². The molecule has 0 aliphatic rings. The Morgan fingerprint density at radius 3 is 2.46 bits per heavy atom. The number of H-pyrrole nitrogens is 1. The second-order valence-electron chi connectivity index (χ2n) is 4.17. The van der Waals surface area contributed by atoms with E-state index in [9.17, 15) is 4.79 Å². The Labute approximate surface area is 82.2 Å². The minimum absolute atomic E-state index is 0.0307. The van der Waals surface area contributed by atoms with E-state index in [2.05, 4.69) is 31.1 Å². The average Bonchev–Trinajstić information content (AvgIpc) is 2.24. The third-order valence-corrected chi connectivity index (χ3v) is 2.69. The first kappa shape index (κ1) is 10.5. The molecule has 0 spiro atoms. The number of hydrogen-bond donors (Lipinski definition) is 2. The third-order valence-electron chi connectivity index (χ3n) is 1.70. The predicted octanol–water partition coefficient (Wildman–Crippen LogP) is 1.63. The summed E-state index contributed by atoms with van der Waals surface area (Å²) < 4.78 is 0. The van der Waals surface area contributed by atoms with Gasteiger partial charge in [-0.1, -0.05) is 11.3 Å². The standard InChI is InChI=1S/C9H16N2OS/c1-6-7(13-8(12)11-6)5-10-9(2,3)4/h10H,5H2,1-4H3,(H,11,12). The minimum atomic E-state index is 0.0307. The Hall–Kier alpha value is -0.610. The van der Waals surface area contributed by atoms with Gasteiger partial charge in [-0.15, -0.1) is 0 Å². The predicted molar refractivity (Wildman–Crippen MR) is 56.3 cm³/mol. The van der Waals surface area contributed by atoms with Gasteiger partial charge in [0.2, 0.25) is 0 Å². The number of hydrogen-bond acceptors (Lipinski definition) is 3. The van der Waals surface area contributed by atoms with E-state index in [1.54, 1.807) is 0 Å². The molecule has 1 aromatic rings. The first-order valence-corrected chi connectivity index (χ1v) is 5.14. The van der Waals surface area contributed by atoms with Crippen molar-refractivity contribution < 1.29 is 0 Å². The summed E-state index contributed by atoms with van der Waals surface area (Å²) in [6.45, 7) is 9.02. The molecule has 0 radical (unpaired) electrons. The summed E-state index contributed by atoms with van der Waals surface area (Å²) >= 11 is 1.28. The van der Waals surface area contributed by atoms with Crippen LogP contribution >= 0.6 is 11.3 Å². The summed E-state index contributed by atoms with van der Waals surface area (Å²) in [5.41, 5.74) is 1.08. The van der Waals surface area contributed by atoms with E-state index < -0.39 is 0 Å². The molecule has 0 aromatic carbocycles. The van der Waals surface area contributed by atoms with Crippen LogP contribution in [0.25, 0.3) is 0 Å². The van der Waals surface area contributed by atoms with Crippen molar-refractivity contribution in [1.82, 2.24) is 10.3 Å². The van der Waals surface area contributed by atoms with Crippen molar-refractivity contribution in [1.29, 1.82) is 0 Å². The first-order chi connectivity index (χ1) is 5.88. The first-order valence-electron chi connectivity index (χ1n) is 4.32. The topological polar surface area (TPSA) is 44.9 Å². The number of aryl methyl sites for hydroxylation is 1. The highest BCUT2D eigenvalue weighted by Crippen LogP contribution is 2.09. The van der Waals surface area contributed by atoms with Gasteiger partial charge in [0.15, 0.2) is 0 Å². The van der Waals surface area contributed by atoms with Crippen LogP contribution in [0.15, 0.2) is 4.79 Å². The molecule has 13 heavy (non-hydrogen) atoms. The maximum atomic E-state index is 11.0. The lowest BCUT2D eigenvalue weighted by atomic mass is 10.1. The van der Waals surface area contributed by atoms with Crippen LogP contribution < -0.4 is 10.2 Å². The van der Waals surface area contributed by atoms with Gasteiger partial charge in [0, 0.05) is 22.7 Å². The maximum Gasteiger partial charge on any atom is 0.304 e. The number of aromatic amines is 1. The second-order valence-corrected chi connectivity index (χ2v) is 5.23. The molecule has 0 aliphatic heterocycles. The van der Waals surface area contributed by atoms with Gasteiger partial charge in [0.05, 0.1) is 0 Å². The Balaban J connectivity index is 2.65. The molecule has 1 heterocycles. The molecule has 1 aromatic heterocycles. The molecule has 3 nitrogen and oxygen atoms in total. The molecule has 2 N–H and O–H groups in total. The average molecular weight is 200 g/mol. The minimum Gasteiger partial charge on any atom is -0.317 e. The number of rotatable bonds is 2. The molecule has 0 fully saturated rings. The summed E-state index contributed by atoms with van der Waals surface area (Å²) in [5.74, 6) is 0. The van der Waals surface area contributed by atoms with Gasteiger partial charge < -0.3 is 10.3 Å². The summed E-state index contributed by atoms with van der Waals surface area (Å²) in [6.07, 6.45) is 0. The fraction of sp³-hybridized carbons (Fsp3) is 0.667. The molecule has 0 amide bonds. The van der Waals surface area contributed by atoms with Crippen molar-refractivity contribution in [3.05, 3.63) is 20.2 Å². The van der Waals surface area contributed by atoms with Gasteiger partial charge in [0.1, 0.15) is 0 Å². The molecule has 0 bridgehead atoms. The Morgan fingerprint density at radius 2 is 2.08 bits per heavy atom. The number of aromatic nitrogens is 1. The van der Waals surface area contributed by atoms with Gasteiger partial charge in [0.25, 0.3) is 0 Å². The summed E-state index contributed by atoms with van der Waals surface area (Å²) in [4.78, 5) is 14.9. The van der Waals surface area contributed by atoms with Crippen molar-refractivity contribution in [2.75, 3.05) is 0 Å². The molecular weight excluding hydrogens is 184 g/mol. The zero-order valence-corrected chi connectivity index (χ0v) is 9.34. The van der Waals surface area contributed by atoms with E-state index in [0.717, 1.165) is 17.1 Å². The fourth-order valence-corrected chi connectivity index (χ4v) is 1.73. The van der Waals surface area contributed by atoms with E-state index >= 15 is 0 Å². The fourth-order valence-electron chi connectivity index (χ4n) is 0.951. The SMILES string of the molecule is Cc1[nH]c(=O)sc1CNC(C)(C)C. The summed E-state index contributed by atoms with van der Waals surface area (Å²) in [5, 5.41) is 3.34. The summed E-state index contributed by atoms with van der Waals surface area (Å²) in [7, 11) is 0. The lowest BCUT2D eigenvalue weighted by Crippen LogP contribution is -2.34. The molecule has 1 rings (SSSR count). The Bertz CT molecular complexity index is 332. The van der Waals surface area contributed by atoms with Gasteiger partial charge in [-0.3, -0.25) is 4.79 Å². The van der Waals surface area contributed by atoms with E-state index in [0.29, 0.717) is 0 Å². The van der Waals surface area contributed by atoms with E-state index in [1.165, 1.54) is 11.3 Å². The van der Waals surface area contributed by atoms with Crippen LogP contribution in [0.1, 0.15) is 31.3 Å². The highest BCUT2D eigenvalue weighted by molar-refractivity contribution is 7.09. The number of nitrogens with one attached hydrogen (secondary N) is 2. The Morgan fingerprint density at radius 1 is 1.46 bits per heavy atom. The molecule has 4 heteroatoms. The quantitative estimate of drug-likeness (QED) is 0.762. The second kappa shape index (κ2) is 3.64. The molecule has 0 saturated carbocycles. The van der Waals surface area contributed by atoms with Gasteiger partial charge in [-0.2, -0.15) is 0 Å². The third kappa shape index (κ3) is 3.32. The molecule has 0 atom stereocenters. The molecular formula is C9H16N2OS. The van der Waals surface area contributed by atoms with Crippen LogP contribution in [-0.2, 0) is 6.54 Å². The largest absolute Gasteiger partial charge is 0.317 e. The van der Waals surface area contributed by atoms with Crippen molar-refractivity contribution in [3.63, 3.8) is 0 Å². The lowest BCUT2D eigenvalue weighted by molar-refractivity contribution is 0.425. The van der Waals surface area contributed by atoms with Crippen LogP contribution in [0.3, 0.4) is 0 Å². The summed E-state index contributed by atoms with van der Waals surface area (Å²) in [6, 6.07) is 0. The monoisotopic (exact) mass is 200 g/mol. The van der Waals surface area contributed by atoms with Gasteiger partial charge in [-0.25, -0.2) is 0 Å². The molecule has 0 saturated heterocycles. The number of thiazole rings is 1. The smallest absolute Gasteiger partial charge is 0.304 e. The molecule has 0 aliphatic carbocycles. The van der Waals surface area contributed by atoms with E-state index in [1.807, 2.05) is 6.92 Å². The van der Waals surface area contributed by atoms with E-state index in [-0.39, 0.29) is 10.4 Å². The van der Waals surface area contributed by atoms with Crippen molar-refractivity contribution in [2.24, 2.45) is 0 Å². The zero-order valence-electron chi connectivity index (χ0n) is 8.52. The van der Waals surface area contributed by atoms with E-state index in [4.69, 9.17) is 0 Å². The molecule has 0 unspecified atom stereocenters. The Kier molecular flexibility index (Phi) is 2.93. The zero-order chi connectivity index (χ0) is 10.1. The lowest BCUT2D eigenvalue weighted by Gasteiger charge is -2.19. The van der Waals surface area contributed by atoms with Crippen LogP contribution in [-0.4, -0.2) is 10.5 Å². The molecule has 74 valence electrons. The van der Waals surface area contributed by atoms with Crippen LogP contribution in [0.2, 0.25) is 0 Å². The van der Waals surface area contributed by atoms with Gasteiger partial charge >= 0.3 is 4.87 Å².